The molecule has 0 aliphatic rings. The zero-order chi connectivity index (χ0) is 13.4. The highest BCUT2D eigenvalue weighted by atomic mass is 16.5. The van der Waals surface area contributed by atoms with E-state index < -0.39 is 6.09 Å². The lowest BCUT2D eigenvalue weighted by Gasteiger charge is -2.06. The fourth-order valence-corrected chi connectivity index (χ4v) is 1.00. The van der Waals surface area contributed by atoms with Crippen LogP contribution in [0.3, 0.4) is 0 Å². The Labute approximate surface area is 102 Å². The molecule has 1 heterocycles. The molecule has 0 radical (unpaired) electrons. The molecule has 0 fully saturated rings. The standard InChI is InChI=1S/C8H12N8O2/c1-3-10-5-11-6(14-8(17)18-4-2)13-7(12-5)15-16-9/h3-4H2,1-2H3,(H2,10,11,12,13,14,17). The SMILES string of the molecule is CCNc1nc(N=[N+]=[N-])nc(NC(=O)OCC)n1. The van der Waals surface area contributed by atoms with Crippen molar-refractivity contribution in [3.05, 3.63) is 10.4 Å². The Kier molecular flexibility index (Phi) is 5.13. The zero-order valence-corrected chi connectivity index (χ0v) is 9.91. The van der Waals surface area contributed by atoms with E-state index in [1.165, 1.54) is 0 Å². The number of hydrogen-bond donors (Lipinski definition) is 2. The van der Waals surface area contributed by atoms with Gasteiger partial charge in [0.25, 0.3) is 0 Å². The van der Waals surface area contributed by atoms with E-state index in [0.29, 0.717) is 6.54 Å². The molecular weight excluding hydrogens is 240 g/mol. The molecule has 1 aromatic heterocycles. The average molecular weight is 252 g/mol. The molecule has 0 spiro atoms. The van der Waals surface area contributed by atoms with Crippen molar-refractivity contribution in [3.63, 3.8) is 0 Å². The topological polar surface area (TPSA) is 138 Å². The molecule has 0 saturated carbocycles. The Morgan fingerprint density at radius 2 is 2.11 bits per heavy atom. The number of nitrogens with one attached hydrogen (secondary N) is 2. The number of ether oxygens (including phenoxy) is 1. The van der Waals surface area contributed by atoms with E-state index in [-0.39, 0.29) is 24.5 Å². The summed E-state index contributed by atoms with van der Waals surface area (Å²) in [4.78, 5) is 25.2. The van der Waals surface area contributed by atoms with Gasteiger partial charge in [0.1, 0.15) is 0 Å². The van der Waals surface area contributed by atoms with Gasteiger partial charge in [-0.2, -0.15) is 15.0 Å². The van der Waals surface area contributed by atoms with E-state index in [4.69, 9.17) is 5.53 Å². The van der Waals surface area contributed by atoms with E-state index in [2.05, 4.69) is 40.3 Å². The molecule has 10 heteroatoms. The molecule has 10 nitrogen and oxygen atoms in total. The van der Waals surface area contributed by atoms with Gasteiger partial charge in [0.05, 0.1) is 6.61 Å². The zero-order valence-electron chi connectivity index (χ0n) is 9.91. The average Bonchev–Trinajstić information content (AvgIpc) is 2.29. The second kappa shape index (κ2) is 6.86. The summed E-state index contributed by atoms with van der Waals surface area (Å²) in [5, 5.41) is 8.36. The Balaban J connectivity index is 2.95. The van der Waals surface area contributed by atoms with Gasteiger partial charge in [0.15, 0.2) is 0 Å². The third-order valence-corrected chi connectivity index (χ3v) is 1.58. The van der Waals surface area contributed by atoms with Crippen molar-refractivity contribution in [1.29, 1.82) is 0 Å². The van der Waals surface area contributed by atoms with Crippen LogP contribution in [0.2, 0.25) is 0 Å². The van der Waals surface area contributed by atoms with Gasteiger partial charge in [-0.15, -0.1) is 0 Å². The number of carbonyl (C=O) groups is 1. The van der Waals surface area contributed by atoms with Crippen LogP contribution < -0.4 is 10.6 Å². The van der Waals surface area contributed by atoms with Gasteiger partial charge in [-0.3, -0.25) is 5.32 Å². The third-order valence-electron chi connectivity index (χ3n) is 1.58. The summed E-state index contributed by atoms with van der Waals surface area (Å²) in [7, 11) is 0. The largest absolute Gasteiger partial charge is 0.450 e. The van der Waals surface area contributed by atoms with Crippen LogP contribution in [0.4, 0.5) is 22.6 Å². The maximum Gasteiger partial charge on any atom is 0.414 e. The number of anilines is 2. The van der Waals surface area contributed by atoms with Gasteiger partial charge in [-0.25, -0.2) is 4.79 Å². The molecule has 1 rings (SSSR count). The van der Waals surface area contributed by atoms with Crippen LogP contribution in [0, 0.1) is 0 Å². The summed E-state index contributed by atoms with van der Waals surface area (Å²) < 4.78 is 4.67. The lowest BCUT2D eigenvalue weighted by Crippen LogP contribution is -2.16. The molecule has 1 amide bonds. The fourth-order valence-electron chi connectivity index (χ4n) is 1.00. The molecule has 96 valence electrons. The highest BCUT2D eigenvalue weighted by molar-refractivity contribution is 5.82. The summed E-state index contributed by atoms with van der Waals surface area (Å²) in [5.41, 5.74) is 8.32. The van der Waals surface area contributed by atoms with Crippen molar-refractivity contribution in [2.75, 3.05) is 23.8 Å². The molecule has 0 unspecified atom stereocenters. The summed E-state index contributed by atoms with van der Waals surface area (Å²) >= 11 is 0. The van der Waals surface area contributed by atoms with Crippen molar-refractivity contribution in [1.82, 2.24) is 15.0 Å². The van der Waals surface area contributed by atoms with Crippen molar-refractivity contribution in [2.45, 2.75) is 13.8 Å². The summed E-state index contributed by atoms with van der Waals surface area (Å²) in [6, 6.07) is 0. The van der Waals surface area contributed by atoms with Crippen LogP contribution in [0.15, 0.2) is 5.11 Å². The molecule has 0 saturated heterocycles. The van der Waals surface area contributed by atoms with Crippen molar-refractivity contribution in [3.8, 4) is 0 Å². The minimum absolute atomic E-state index is 0.0539. The molecule has 1 aromatic rings. The molecular formula is C8H12N8O2. The van der Waals surface area contributed by atoms with Gasteiger partial charge < -0.3 is 10.1 Å². The van der Waals surface area contributed by atoms with Crippen LogP contribution in [0.25, 0.3) is 10.4 Å². The van der Waals surface area contributed by atoms with Crippen molar-refractivity contribution < 1.29 is 9.53 Å². The first-order chi connectivity index (χ1) is 8.69. The first-order valence-electron chi connectivity index (χ1n) is 5.18. The molecule has 2 N–H and O–H groups in total. The van der Waals surface area contributed by atoms with Crippen LogP contribution in [0.1, 0.15) is 13.8 Å². The number of aromatic nitrogens is 3. The van der Waals surface area contributed by atoms with Gasteiger partial charge in [-0.1, -0.05) is 0 Å². The minimum atomic E-state index is -0.696. The van der Waals surface area contributed by atoms with E-state index in [0.717, 1.165) is 0 Å². The first kappa shape index (κ1) is 13.5. The van der Waals surface area contributed by atoms with E-state index in [9.17, 15) is 4.79 Å². The van der Waals surface area contributed by atoms with Gasteiger partial charge in [0.2, 0.25) is 17.8 Å². The number of rotatable bonds is 5. The second-order valence-electron chi connectivity index (χ2n) is 2.85. The van der Waals surface area contributed by atoms with Gasteiger partial charge in [0, 0.05) is 11.5 Å². The minimum Gasteiger partial charge on any atom is -0.450 e. The second-order valence-corrected chi connectivity index (χ2v) is 2.85. The predicted molar refractivity (Wildman–Crippen MR) is 63.4 cm³/mol. The Morgan fingerprint density at radius 1 is 1.39 bits per heavy atom. The Hall–Kier alpha value is -2.61. The van der Waals surface area contributed by atoms with Crippen molar-refractivity contribution >= 4 is 23.9 Å². The van der Waals surface area contributed by atoms with E-state index in [1.807, 2.05) is 6.92 Å². The van der Waals surface area contributed by atoms with Gasteiger partial charge >= 0.3 is 6.09 Å². The van der Waals surface area contributed by atoms with E-state index >= 15 is 0 Å². The maximum absolute atomic E-state index is 11.2. The van der Waals surface area contributed by atoms with Crippen molar-refractivity contribution in [2.24, 2.45) is 5.11 Å². The highest BCUT2D eigenvalue weighted by Crippen LogP contribution is 2.11. The predicted octanol–water partition coefficient (Wildman–Crippen LogP) is 1.81. The summed E-state index contributed by atoms with van der Waals surface area (Å²) in [5.74, 6) is -0.00116. The lowest BCUT2D eigenvalue weighted by atomic mass is 10.7. The highest BCUT2D eigenvalue weighted by Gasteiger charge is 2.08. The normalized spacial score (nSPS) is 9.22. The molecule has 0 aromatic carbocycles. The van der Waals surface area contributed by atoms with E-state index in [1.54, 1.807) is 6.92 Å². The lowest BCUT2D eigenvalue weighted by molar-refractivity contribution is 0.167. The molecule has 0 aliphatic carbocycles. The van der Waals surface area contributed by atoms with Crippen LogP contribution in [0.5, 0.6) is 0 Å². The van der Waals surface area contributed by atoms with Gasteiger partial charge in [-0.05, 0) is 24.5 Å². The molecule has 0 atom stereocenters. The number of nitrogens with zero attached hydrogens (tertiary/aromatic N) is 6. The Morgan fingerprint density at radius 3 is 2.72 bits per heavy atom. The number of carbonyl (C=O) groups excluding carboxylic acids is 1. The number of hydrogen-bond acceptors (Lipinski definition) is 7. The number of amides is 1. The third kappa shape index (κ3) is 4.10. The monoisotopic (exact) mass is 252 g/mol. The smallest absolute Gasteiger partial charge is 0.414 e. The summed E-state index contributed by atoms with van der Waals surface area (Å²) in [6.07, 6.45) is -0.696. The maximum atomic E-state index is 11.2. The number of azide groups is 1. The van der Waals surface area contributed by atoms with Crippen LogP contribution in [-0.4, -0.2) is 34.2 Å². The molecule has 18 heavy (non-hydrogen) atoms. The molecule has 0 aliphatic heterocycles. The van der Waals surface area contributed by atoms with Crippen LogP contribution >= 0.6 is 0 Å². The fraction of sp³-hybridized carbons (Fsp3) is 0.500. The quantitative estimate of drug-likeness (QED) is 0.465. The van der Waals surface area contributed by atoms with Crippen LogP contribution in [-0.2, 0) is 4.74 Å². The molecule has 0 bridgehead atoms. The Bertz CT molecular complexity index is 470. The summed E-state index contributed by atoms with van der Waals surface area (Å²) in [6.45, 7) is 4.30. The first-order valence-corrected chi connectivity index (χ1v) is 5.18.